The van der Waals surface area contributed by atoms with Crippen LogP contribution in [0.3, 0.4) is 0 Å². The summed E-state index contributed by atoms with van der Waals surface area (Å²) in [6, 6.07) is 6.27. The number of carbonyl (C=O) groups excluding carboxylic acids is 1. The molecule has 0 saturated heterocycles. The summed E-state index contributed by atoms with van der Waals surface area (Å²) >= 11 is 0. The molecule has 4 rings (SSSR count). The minimum atomic E-state index is -0.714. The van der Waals surface area contributed by atoms with E-state index in [-0.39, 0.29) is 18.3 Å². The lowest BCUT2D eigenvalue weighted by Gasteiger charge is -2.23. The van der Waals surface area contributed by atoms with Crippen molar-refractivity contribution in [1.82, 2.24) is 15.1 Å². The van der Waals surface area contributed by atoms with Gasteiger partial charge in [-0.15, -0.1) is 0 Å². The van der Waals surface area contributed by atoms with Crippen molar-refractivity contribution in [3.63, 3.8) is 0 Å². The van der Waals surface area contributed by atoms with E-state index in [2.05, 4.69) is 10.4 Å². The molecule has 126 valence electrons. The number of aromatic nitrogens is 2. The fourth-order valence-electron chi connectivity index (χ4n) is 3.51. The van der Waals surface area contributed by atoms with Crippen molar-refractivity contribution in [3.05, 3.63) is 47.0 Å². The van der Waals surface area contributed by atoms with Crippen LogP contribution in [0.2, 0.25) is 0 Å². The Kier molecular flexibility index (Phi) is 3.28. The largest absolute Gasteiger partial charge is 0.394 e. The number of hydrogen-bond donors (Lipinski definition) is 2. The van der Waals surface area contributed by atoms with Crippen LogP contribution in [0, 0.1) is 11.7 Å². The van der Waals surface area contributed by atoms with E-state index in [1.807, 2.05) is 0 Å². The van der Waals surface area contributed by atoms with Gasteiger partial charge in [-0.1, -0.05) is 6.07 Å². The van der Waals surface area contributed by atoms with Gasteiger partial charge in [-0.05, 0) is 50.8 Å². The van der Waals surface area contributed by atoms with Gasteiger partial charge in [-0.25, -0.2) is 9.07 Å². The van der Waals surface area contributed by atoms with Gasteiger partial charge in [-0.2, -0.15) is 5.10 Å². The van der Waals surface area contributed by atoms with E-state index in [4.69, 9.17) is 0 Å². The van der Waals surface area contributed by atoms with Crippen LogP contribution in [0.1, 0.15) is 47.9 Å². The van der Waals surface area contributed by atoms with Crippen LogP contribution < -0.4 is 5.32 Å². The molecule has 0 aliphatic heterocycles. The highest BCUT2D eigenvalue weighted by Gasteiger charge is 2.50. The second-order valence-electron chi connectivity index (χ2n) is 7.41. The molecule has 0 unspecified atom stereocenters. The van der Waals surface area contributed by atoms with E-state index in [1.165, 1.54) is 12.1 Å². The third-order valence-electron chi connectivity index (χ3n) is 4.88. The summed E-state index contributed by atoms with van der Waals surface area (Å²) in [7, 11) is 0. The number of fused-ring (bicyclic) bond motifs is 3. The van der Waals surface area contributed by atoms with Gasteiger partial charge in [0, 0.05) is 11.5 Å². The first kappa shape index (κ1) is 15.3. The molecule has 1 aromatic heterocycles. The number of nitrogens with one attached hydrogen (secondary N) is 1. The lowest BCUT2D eigenvalue weighted by Crippen LogP contribution is -2.46. The van der Waals surface area contributed by atoms with Crippen molar-refractivity contribution in [2.45, 2.75) is 38.1 Å². The summed E-state index contributed by atoms with van der Waals surface area (Å²) in [4.78, 5) is 12.6. The van der Waals surface area contributed by atoms with E-state index in [0.717, 1.165) is 24.1 Å². The standard InChI is InChI=1S/C18H20FN3O2/c1-18(2,9-23)20-17(24)15-14-7-10-6-13(10)16(14)22(21-15)12-5-3-4-11(19)8-12/h3-5,8,10,13,23H,6-7,9H2,1-2H3,(H,20,24)/t10-,13-/m1/s1. The highest BCUT2D eigenvalue weighted by molar-refractivity contribution is 5.95. The molecule has 1 fully saturated rings. The molecule has 1 heterocycles. The third-order valence-corrected chi connectivity index (χ3v) is 4.88. The smallest absolute Gasteiger partial charge is 0.272 e. The van der Waals surface area contributed by atoms with E-state index < -0.39 is 5.54 Å². The number of aliphatic hydroxyl groups excluding tert-OH is 1. The van der Waals surface area contributed by atoms with Gasteiger partial charge in [0.1, 0.15) is 5.82 Å². The molecule has 5 nitrogen and oxygen atoms in total. The van der Waals surface area contributed by atoms with Crippen molar-refractivity contribution in [2.75, 3.05) is 6.61 Å². The van der Waals surface area contributed by atoms with Crippen LogP contribution >= 0.6 is 0 Å². The maximum absolute atomic E-state index is 13.6. The van der Waals surface area contributed by atoms with Gasteiger partial charge in [0.2, 0.25) is 0 Å². The first-order chi connectivity index (χ1) is 11.4. The molecule has 2 aliphatic rings. The van der Waals surface area contributed by atoms with Crippen LogP contribution in [0.15, 0.2) is 24.3 Å². The second-order valence-corrected chi connectivity index (χ2v) is 7.41. The number of nitrogens with zero attached hydrogens (tertiary/aromatic N) is 2. The van der Waals surface area contributed by atoms with Gasteiger partial charge in [-0.3, -0.25) is 4.79 Å². The number of halogens is 1. The Balaban J connectivity index is 1.76. The van der Waals surface area contributed by atoms with Gasteiger partial charge >= 0.3 is 0 Å². The Morgan fingerprint density at radius 3 is 3.00 bits per heavy atom. The third kappa shape index (κ3) is 2.41. The van der Waals surface area contributed by atoms with Crippen LogP contribution in [0.5, 0.6) is 0 Å². The summed E-state index contributed by atoms with van der Waals surface area (Å²) in [5, 5.41) is 16.7. The van der Waals surface area contributed by atoms with Crippen LogP contribution in [-0.2, 0) is 6.42 Å². The van der Waals surface area contributed by atoms with Gasteiger partial charge in [0.25, 0.3) is 5.91 Å². The van der Waals surface area contributed by atoms with Crippen molar-refractivity contribution in [1.29, 1.82) is 0 Å². The average molecular weight is 329 g/mol. The summed E-state index contributed by atoms with van der Waals surface area (Å²) in [5.41, 5.74) is 2.32. The van der Waals surface area contributed by atoms with E-state index in [1.54, 1.807) is 30.7 Å². The molecule has 24 heavy (non-hydrogen) atoms. The molecule has 1 saturated carbocycles. The zero-order valence-electron chi connectivity index (χ0n) is 13.7. The summed E-state index contributed by atoms with van der Waals surface area (Å²) in [6.07, 6.45) is 1.95. The SMILES string of the molecule is CC(C)(CO)NC(=O)c1nn(-c2cccc(F)c2)c2c1C[C@H]1C[C@@H]21. The molecule has 6 heteroatoms. The van der Waals surface area contributed by atoms with Crippen LogP contribution in [-0.4, -0.2) is 32.9 Å². The van der Waals surface area contributed by atoms with E-state index in [9.17, 15) is 14.3 Å². The number of benzene rings is 1. The predicted molar refractivity (Wildman–Crippen MR) is 86.7 cm³/mol. The maximum atomic E-state index is 13.6. The number of rotatable bonds is 4. The molecule has 0 spiro atoms. The van der Waals surface area contributed by atoms with Crippen LogP contribution in [0.4, 0.5) is 4.39 Å². The first-order valence-electron chi connectivity index (χ1n) is 8.21. The normalized spacial score (nSPS) is 21.3. The van der Waals surface area contributed by atoms with Gasteiger partial charge in [0.05, 0.1) is 23.5 Å². The number of aliphatic hydroxyl groups is 1. The highest BCUT2D eigenvalue weighted by Crippen LogP contribution is 2.57. The van der Waals surface area contributed by atoms with Crippen molar-refractivity contribution in [2.24, 2.45) is 5.92 Å². The fraction of sp³-hybridized carbons (Fsp3) is 0.444. The predicted octanol–water partition coefficient (Wildman–Crippen LogP) is 2.17. The van der Waals surface area contributed by atoms with Crippen molar-refractivity contribution >= 4 is 5.91 Å². The Hall–Kier alpha value is -2.21. The Bertz CT molecular complexity index is 828. The minimum absolute atomic E-state index is 0.156. The van der Waals surface area contributed by atoms with E-state index >= 15 is 0 Å². The van der Waals surface area contributed by atoms with Crippen molar-refractivity contribution in [3.8, 4) is 5.69 Å². The van der Waals surface area contributed by atoms with Gasteiger partial charge in [0.15, 0.2) is 5.69 Å². The lowest BCUT2D eigenvalue weighted by molar-refractivity contribution is 0.0863. The summed E-state index contributed by atoms with van der Waals surface area (Å²) in [5.74, 6) is 0.384. The molecular weight excluding hydrogens is 309 g/mol. The monoisotopic (exact) mass is 329 g/mol. The maximum Gasteiger partial charge on any atom is 0.272 e. The molecule has 2 atom stereocenters. The molecule has 2 N–H and O–H groups in total. The molecule has 1 aromatic carbocycles. The first-order valence-corrected chi connectivity index (χ1v) is 8.21. The second kappa shape index (κ2) is 5.14. The summed E-state index contributed by atoms with van der Waals surface area (Å²) < 4.78 is 15.3. The van der Waals surface area contributed by atoms with Crippen molar-refractivity contribution < 1.29 is 14.3 Å². The van der Waals surface area contributed by atoms with Crippen LogP contribution in [0.25, 0.3) is 5.69 Å². The minimum Gasteiger partial charge on any atom is -0.394 e. The Morgan fingerprint density at radius 1 is 1.50 bits per heavy atom. The number of hydrogen-bond acceptors (Lipinski definition) is 3. The Labute approximate surface area is 139 Å². The summed E-state index contributed by atoms with van der Waals surface area (Å²) in [6.45, 7) is 3.36. The molecule has 2 aliphatic carbocycles. The molecule has 2 aromatic rings. The molecule has 0 bridgehead atoms. The molecule has 0 radical (unpaired) electrons. The van der Waals surface area contributed by atoms with E-state index in [0.29, 0.717) is 23.2 Å². The zero-order chi connectivity index (χ0) is 17.1. The average Bonchev–Trinajstić information content (AvgIpc) is 3.03. The zero-order valence-corrected chi connectivity index (χ0v) is 13.7. The van der Waals surface area contributed by atoms with Gasteiger partial charge < -0.3 is 10.4 Å². The molecular formula is C18H20FN3O2. The fourth-order valence-corrected chi connectivity index (χ4v) is 3.51. The lowest BCUT2D eigenvalue weighted by atomic mass is 10.1. The molecule has 1 amide bonds. The quantitative estimate of drug-likeness (QED) is 0.903. The topological polar surface area (TPSA) is 67.2 Å². The number of amides is 1. The Morgan fingerprint density at radius 2 is 2.29 bits per heavy atom. The number of carbonyl (C=O) groups is 1. The highest BCUT2D eigenvalue weighted by atomic mass is 19.1.